The van der Waals surface area contributed by atoms with E-state index in [2.05, 4.69) is 0 Å². The van der Waals surface area contributed by atoms with Crippen molar-refractivity contribution in [2.24, 2.45) is 0 Å². The van der Waals surface area contributed by atoms with E-state index in [9.17, 15) is 17.6 Å². The summed E-state index contributed by atoms with van der Waals surface area (Å²) in [5, 5.41) is 0. The Morgan fingerprint density at radius 3 is 1.31 bits per heavy atom. The lowest BCUT2D eigenvalue weighted by molar-refractivity contribution is -0.227. The van der Waals surface area contributed by atoms with Crippen LogP contribution in [0.4, 0.5) is 35.1 Å². The lowest BCUT2D eigenvalue weighted by Crippen LogP contribution is -2.41. The molecule has 0 spiro atoms. The highest BCUT2D eigenvalue weighted by Crippen LogP contribution is 2.54. The molecule has 4 aromatic carbocycles. The van der Waals surface area contributed by atoms with Crippen molar-refractivity contribution in [1.29, 1.82) is 0 Å². The van der Waals surface area contributed by atoms with Crippen molar-refractivity contribution >= 4 is 0 Å². The topological polar surface area (TPSA) is 52.8 Å². The zero-order chi connectivity index (χ0) is 32.0. The SMILES string of the molecule is Fc1ccc(C2(C(F)(F)Oc3ccccc3COCc3ccccc3OC(F)(F)C3(c4ccc(F)cc4F)CO3)CO2)c(F)c1. The molecule has 0 aromatic heterocycles. The van der Waals surface area contributed by atoms with Crippen LogP contribution in [0.15, 0.2) is 84.9 Å². The smallest absolute Gasteiger partial charge is 0.430 e. The molecule has 2 unspecified atom stereocenters. The average Bonchev–Trinajstić information content (AvgIpc) is 3.90. The fraction of sp³-hybridized carbons (Fsp3) is 0.250. The van der Waals surface area contributed by atoms with Crippen LogP contribution in [-0.4, -0.2) is 25.4 Å². The number of epoxide rings is 2. The molecule has 2 aliphatic heterocycles. The van der Waals surface area contributed by atoms with Gasteiger partial charge >= 0.3 is 12.2 Å². The summed E-state index contributed by atoms with van der Waals surface area (Å²) < 4.78 is 142. The largest absolute Gasteiger partial charge is 0.434 e. The second-order valence-electron chi connectivity index (χ2n) is 10.4. The van der Waals surface area contributed by atoms with Crippen molar-refractivity contribution in [2.45, 2.75) is 36.6 Å². The molecule has 13 heteroatoms. The first-order valence-electron chi connectivity index (χ1n) is 13.4. The van der Waals surface area contributed by atoms with Gasteiger partial charge in [0, 0.05) is 34.4 Å². The minimum absolute atomic E-state index is 0.133. The monoisotopic (exact) mass is 638 g/mol. The molecular weight excluding hydrogens is 616 g/mol. The van der Waals surface area contributed by atoms with Crippen LogP contribution in [0.5, 0.6) is 11.5 Å². The third-order valence-electron chi connectivity index (χ3n) is 7.48. The van der Waals surface area contributed by atoms with Gasteiger partial charge in [0.05, 0.1) is 26.4 Å². The van der Waals surface area contributed by atoms with Gasteiger partial charge in [-0.1, -0.05) is 36.4 Å². The van der Waals surface area contributed by atoms with Crippen LogP contribution in [0.25, 0.3) is 0 Å². The maximum atomic E-state index is 15.4. The van der Waals surface area contributed by atoms with Crippen LogP contribution in [0.3, 0.4) is 0 Å². The summed E-state index contributed by atoms with van der Waals surface area (Å²) in [5.41, 5.74) is -5.82. The Kier molecular flexibility index (Phi) is 7.74. The van der Waals surface area contributed by atoms with Gasteiger partial charge in [0.15, 0.2) is 0 Å². The quantitative estimate of drug-likeness (QED) is 0.117. The normalized spacial score (nSPS) is 21.0. The van der Waals surface area contributed by atoms with Crippen molar-refractivity contribution in [1.82, 2.24) is 0 Å². The number of hydrogen-bond donors (Lipinski definition) is 0. The molecule has 5 nitrogen and oxygen atoms in total. The number of rotatable bonds is 12. The minimum Gasteiger partial charge on any atom is -0.430 e. The molecule has 2 atom stereocenters. The molecule has 0 radical (unpaired) electrons. The molecule has 2 saturated heterocycles. The maximum absolute atomic E-state index is 15.4. The van der Waals surface area contributed by atoms with Gasteiger partial charge in [0.25, 0.3) is 0 Å². The van der Waals surface area contributed by atoms with Crippen molar-refractivity contribution in [3.05, 3.63) is 130 Å². The second-order valence-corrected chi connectivity index (χ2v) is 10.4. The summed E-state index contributed by atoms with van der Waals surface area (Å²) in [7, 11) is 0. The van der Waals surface area contributed by atoms with E-state index >= 15 is 17.6 Å². The van der Waals surface area contributed by atoms with Crippen LogP contribution in [0.2, 0.25) is 0 Å². The maximum Gasteiger partial charge on any atom is 0.434 e. The Labute approximate surface area is 250 Å². The number of halogens is 8. The first-order chi connectivity index (χ1) is 21.4. The molecular formula is C32H22F8O5. The fourth-order valence-electron chi connectivity index (χ4n) is 4.90. The molecule has 0 N–H and O–H groups in total. The van der Waals surface area contributed by atoms with Crippen LogP contribution >= 0.6 is 0 Å². The fourth-order valence-corrected chi connectivity index (χ4v) is 4.90. The molecule has 2 heterocycles. The van der Waals surface area contributed by atoms with E-state index in [0.717, 1.165) is 24.3 Å². The lowest BCUT2D eigenvalue weighted by Gasteiger charge is -2.26. The zero-order valence-corrected chi connectivity index (χ0v) is 23.0. The van der Waals surface area contributed by atoms with Crippen LogP contribution in [-0.2, 0) is 38.6 Å². The summed E-state index contributed by atoms with van der Waals surface area (Å²) >= 11 is 0. The van der Waals surface area contributed by atoms with Gasteiger partial charge < -0.3 is 23.7 Å². The third kappa shape index (κ3) is 5.71. The van der Waals surface area contributed by atoms with Gasteiger partial charge in [-0.2, -0.15) is 17.6 Å². The Bertz CT molecular complexity index is 1600. The van der Waals surface area contributed by atoms with Gasteiger partial charge in [0.2, 0.25) is 11.2 Å². The highest BCUT2D eigenvalue weighted by molar-refractivity contribution is 5.38. The van der Waals surface area contributed by atoms with Gasteiger partial charge in [0.1, 0.15) is 34.8 Å². The Hall–Kier alpha value is -4.20. The number of para-hydroxylation sites is 2. The van der Waals surface area contributed by atoms with Crippen molar-refractivity contribution in [3.8, 4) is 11.5 Å². The third-order valence-corrected chi connectivity index (χ3v) is 7.48. The van der Waals surface area contributed by atoms with Crippen LogP contribution < -0.4 is 9.47 Å². The number of ether oxygens (including phenoxy) is 5. The van der Waals surface area contributed by atoms with E-state index in [0.29, 0.717) is 12.1 Å². The van der Waals surface area contributed by atoms with Gasteiger partial charge in [-0.05, 0) is 36.4 Å². The molecule has 2 fully saturated rings. The average molecular weight is 639 g/mol. The summed E-state index contributed by atoms with van der Waals surface area (Å²) in [5.74, 6) is -5.00. The van der Waals surface area contributed by atoms with Gasteiger partial charge in [-0.3, -0.25) is 0 Å². The highest BCUT2D eigenvalue weighted by Gasteiger charge is 2.70. The minimum atomic E-state index is -4.08. The molecule has 2 aliphatic rings. The van der Waals surface area contributed by atoms with E-state index in [-0.39, 0.29) is 35.8 Å². The Morgan fingerprint density at radius 1 is 0.578 bits per heavy atom. The van der Waals surface area contributed by atoms with E-state index in [1.165, 1.54) is 48.5 Å². The van der Waals surface area contributed by atoms with Crippen molar-refractivity contribution in [3.63, 3.8) is 0 Å². The second kappa shape index (κ2) is 11.3. The molecule has 0 amide bonds. The first kappa shape index (κ1) is 30.8. The summed E-state index contributed by atoms with van der Waals surface area (Å²) in [6, 6.07) is 15.5. The highest BCUT2D eigenvalue weighted by atomic mass is 19.3. The molecule has 6 rings (SSSR count). The lowest BCUT2D eigenvalue weighted by atomic mass is 9.98. The molecule has 0 saturated carbocycles. The van der Waals surface area contributed by atoms with Crippen molar-refractivity contribution in [2.75, 3.05) is 13.2 Å². The molecule has 0 bridgehead atoms. The molecule has 45 heavy (non-hydrogen) atoms. The molecule has 4 aromatic rings. The van der Waals surface area contributed by atoms with E-state index in [1.54, 1.807) is 0 Å². The van der Waals surface area contributed by atoms with Gasteiger partial charge in [-0.25, -0.2) is 17.6 Å². The molecule has 0 aliphatic carbocycles. The summed E-state index contributed by atoms with van der Waals surface area (Å²) in [6.07, 6.45) is -8.17. The summed E-state index contributed by atoms with van der Waals surface area (Å²) in [6.45, 7) is -1.82. The predicted molar refractivity (Wildman–Crippen MR) is 141 cm³/mol. The number of alkyl halides is 4. The van der Waals surface area contributed by atoms with Gasteiger partial charge in [-0.15, -0.1) is 0 Å². The van der Waals surface area contributed by atoms with Crippen LogP contribution in [0, 0.1) is 23.3 Å². The van der Waals surface area contributed by atoms with Crippen molar-refractivity contribution < 1.29 is 58.8 Å². The molecule has 236 valence electrons. The Morgan fingerprint density at radius 2 is 0.956 bits per heavy atom. The predicted octanol–water partition coefficient (Wildman–Crippen LogP) is 7.75. The van der Waals surface area contributed by atoms with Crippen LogP contribution in [0.1, 0.15) is 22.3 Å². The first-order valence-corrected chi connectivity index (χ1v) is 13.4. The summed E-state index contributed by atoms with van der Waals surface area (Å²) in [4.78, 5) is 0. The van der Waals surface area contributed by atoms with E-state index in [1.807, 2.05) is 0 Å². The number of hydrogen-bond acceptors (Lipinski definition) is 5. The van der Waals surface area contributed by atoms with E-state index < -0.39 is 71.0 Å². The number of benzene rings is 4. The standard InChI is InChI=1S/C32H22F8O5/c33-21-9-11-23(25(35)13-21)29(17-42-29)31(37,38)44-27-7-3-1-5-19(27)15-41-16-20-6-2-4-8-28(20)45-32(39,40)30(18-43-30)24-12-10-22(34)14-26(24)36/h1-14H,15-18H2. The van der Waals surface area contributed by atoms with E-state index in [4.69, 9.17) is 23.7 Å². The zero-order valence-electron chi connectivity index (χ0n) is 23.0. The Balaban J connectivity index is 1.15.